The molecule has 24 heavy (non-hydrogen) atoms. The molecule has 8 heteroatoms. The van der Waals surface area contributed by atoms with E-state index in [1.807, 2.05) is 0 Å². The Hall–Kier alpha value is -1.99. The first-order valence-corrected chi connectivity index (χ1v) is 8.02. The van der Waals surface area contributed by atoms with Crippen LogP contribution in [0.2, 0.25) is 0 Å². The van der Waals surface area contributed by atoms with Gasteiger partial charge in [0.15, 0.2) is 5.82 Å². The van der Waals surface area contributed by atoms with Gasteiger partial charge in [-0.15, -0.1) is 12.4 Å². The molecule has 0 unspecified atom stereocenters. The average molecular weight is 352 g/mol. The number of rotatable bonds is 5. The molecule has 1 aliphatic carbocycles. The van der Waals surface area contributed by atoms with Crippen molar-refractivity contribution in [1.82, 2.24) is 20.4 Å². The van der Waals surface area contributed by atoms with Crippen molar-refractivity contribution < 1.29 is 9.32 Å². The van der Waals surface area contributed by atoms with Crippen LogP contribution in [0.1, 0.15) is 43.6 Å². The lowest BCUT2D eigenvalue weighted by Crippen LogP contribution is -2.37. The fraction of sp³-hybridized carbons (Fsp3) is 0.500. The van der Waals surface area contributed by atoms with E-state index in [4.69, 9.17) is 10.3 Å². The molecular formula is C16H22ClN5O2. The van der Waals surface area contributed by atoms with E-state index < -0.39 is 0 Å². The number of carbonyl (C=O) groups is 1. The number of nitrogens with zero attached hydrogens (tertiary/aromatic N) is 3. The summed E-state index contributed by atoms with van der Waals surface area (Å²) in [6, 6.07) is 3.87. The lowest BCUT2D eigenvalue weighted by atomic mass is 9.95. The van der Waals surface area contributed by atoms with Gasteiger partial charge in [-0.2, -0.15) is 4.98 Å². The highest BCUT2D eigenvalue weighted by Gasteiger charge is 2.18. The second-order valence-corrected chi connectivity index (χ2v) is 5.83. The molecule has 2 aromatic heterocycles. The molecule has 1 amide bonds. The Morgan fingerprint density at radius 3 is 2.88 bits per heavy atom. The van der Waals surface area contributed by atoms with Gasteiger partial charge in [-0.3, -0.25) is 9.78 Å². The van der Waals surface area contributed by atoms with E-state index in [1.165, 1.54) is 19.3 Å². The maximum absolute atomic E-state index is 12.1. The monoisotopic (exact) mass is 351 g/mol. The van der Waals surface area contributed by atoms with Crippen LogP contribution in [0.3, 0.4) is 0 Å². The molecule has 0 spiro atoms. The lowest BCUT2D eigenvalue weighted by Gasteiger charge is -2.22. The molecule has 2 heterocycles. The van der Waals surface area contributed by atoms with Crippen LogP contribution in [0, 0.1) is 0 Å². The first-order chi connectivity index (χ1) is 11.2. The number of nitrogens with two attached hydrogens (primary N) is 1. The normalized spacial score (nSPS) is 14.9. The van der Waals surface area contributed by atoms with Crippen LogP contribution < -0.4 is 11.1 Å². The highest BCUT2D eigenvalue weighted by molar-refractivity contribution is 5.85. The summed E-state index contributed by atoms with van der Waals surface area (Å²) in [5.74, 6) is 0.712. The maximum atomic E-state index is 12.1. The van der Waals surface area contributed by atoms with E-state index in [9.17, 15) is 4.79 Å². The summed E-state index contributed by atoms with van der Waals surface area (Å²) >= 11 is 0. The summed E-state index contributed by atoms with van der Waals surface area (Å²) in [5, 5.41) is 6.93. The quantitative estimate of drug-likeness (QED) is 0.853. The second kappa shape index (κ2) is 8.75. The summed E-state index contributed by atoms with van der Waals surface area (Å²) in [7, 11) is 0. The van der Waals surface area contributed by atoms with Gasteiger partial charge in [0.25, 0.3) is 5.89 Å². The molecular weight excluding hydrogens is 330 g/mol. The molecule has 0 aliphatic heterocycles. The van der Waals surface area contributed by atoms with Crippen molar-refractivity contribution in [3.8, 4) is 11.5 Å². The van der Waals surface area contributed by atoms with Crippen LogP contribution in [0.15, 0.2) is 22.9 Å². The van der Waals surface area contributed by atoms with Crippen molar-refractivity contribution in [2.75, 3.05) is 0 Å². The molecule has 3 rings (SSSR count). The topological polar surface area (TPSA) is 107 Å². The lowest BCUT2D eigenvalue weighted by molar-refractivity contribution is -0.121. The first kappa shape index (κ1) is 18.4. The van der Waals surface area contributed by atoms with E-state index in [2.05, 4.69) is 20.4 Å². The Kier molecular flexibility index (Phi) is 6.69. The van der Waals surface area contributed by atoms with Crippen LogP contribution in [0.4, 0.5) is 0 Å². The van der Waals surface area contributed by atoms with Crippen molar-refractivity contribution in [3.63, 3.8) is 0 Å². The van der Waals surface area contributed by atoms with Crippen molar-refractivity contribution in [1.29, 1.82) is 0 Å². The SMILES string of the molecule is Cl.NCc1cc(-c2nc(CC(=O)NC3CCCCC3)no2)ccn1. The van der Waals surface area contributed by atoms with Gasteiger partial charge in [0.1, 0.15) is 0 Å². The number of halogens is 1. The second-order valence-electron chi connectivity index (χ2n) is 5.83. The van der Waals surface area contributed by atoms with Crippen LogP contribution in [0.5, 0.6) is 0 Å². The van der Waals surface area contributed by atoms with Crippen LogP contribution in [0.25, 0.3) is 11.5 Å². The number of hydrogen-bond donors (Lipinski definition) is 2. The maximum Gasteiger partial charge on any atom is 0.258 e. The predicted octanol–water partition coefficient (Wildman–Crippen LogP) is 2.00. The number of hydrogen-bond acceptors (Lipinski definition) is 6. The zero-order valence-corrected chi connectivity index (χ0v) is 14.2. The molecule has 0 saturated heterocycles. The Morgan fingerprint density at radius 1 is 1.33 bits per heavy atom. The number of carbonyl (C=O) groups excluding carboxylic acids is 1. The molecule has 0 bridgehead atoms. The highest BCUT2D eigenvalue weighted by atomic mass is 35.5. The Balaban J connectivity index is 0.00000208. The summed E-state index contributed by atoms with van der Waals surface area (Å²) < 4.78 is 5.23. The van der Waals surface area contributed by atoms with Gasteiger partial charge in [0.05, 0.1) is 12.1 Å². The third kappa shape index (κ3) is 4.75. The molecule has 1 saturated carbocycles. The van der Waals surface area contributed by atoms with Gasteiger partial charge in [0, 0.05) is 24.3 Å². The molecule has 1 aliphatic rings. The fourth-order valence-corrected chi connectivity index (χ4v) is 2.84. The zero-order chi connectivity index (χ0) is 16.1. The smallest absolute Gasteiger partial charge is 0.258 e. The molecule has 2 aromatic rings. The third-order valence-electron chi connectivity index (χ3n) is 4.03. The minimum absolute atomic E-state index is 0. The van der Waals surface area contributed by atoms with Gasteiger partial charge >= 0.3 is 0 Å². The van der Waals surface area contributed by atoms with Gasteiger partial charge in [-0.1, -0.05) is 24.4 Å². The van der Waals surface area contributed by atoms with Crippen molar-refractivity contribution in [2.45, 2.75) is 51.1 Å². The third-order valence-corrected chi connectivity index (χ3v) is 4.03. The van der Waals surface area contributed by atoms with E-state index in [1.54, 1.807) is 18.3 Å². The molecule has 0 radical (unpaired) electrons. The van der Waals surface area contributed by atoms with Crippen molar-refractivity contribution >= 4 is 18.3 Å². The van der Waals surface area contributed by atoms with Crippen molar-refractivity contribution in [3.05, 3.63) is 29.8 Å². The molecule has 0 aromatic carbocycles. The summed E-state index contributed by atoms with van der Waals surface area (Å²) in [6.07, 6.45) is 7.53. The Labute approximate surface area is 146 Å². The summed E-state index contributed by atoms with van der Waals surface area (Å²) in [6.45, 7) is 0.346. The Morgan fingerprint density at radius 2 is 2.12 bits per heavy atom. The van der Waals surface area contributed by atoms with E-state index >= 15 is 0 Å². The predicted molar refractivity (Wildman–Crippen MR) is 91.4 cm³/mol. The average Bonchev–Trinajstić information content (AvgIpc) is 3.04. The van der Waals surface area contributed by atoms with Crippen LogP contribution in [-0.4, -0.2) is 27.1 Å². The van der Waals surface area contributed by atoms with Crippen molar-refractivity contribution in [2.24, 2.45) is 5.73 Å². The fourth-order valence-electron chi connectivity index (χ4n) is 2.84. The minimum atomic E-state index is -0.0541. The Bertz CT molecular complexity index is 670. The van der Waals surface area contributed by atoms with Gasteiger partial charge < -0.3 is 15.6 Å². The largest absolute Gasteiger partial charge is 0.353 e. The van der Waals surface area contributed by atoms with Crippen LogP contribution in [-0.2, 0) is 17.8 Å². The number of aromatic nitrogens is 3. The van der Waals surface area contributed by atoms with Gasteiger partial charge in [0.2, 0.25) is 5.91 Å². The molecule has 0 atom stereocenters. The minimum Gasteiger partial charge on any atom is -0.353 e. The standard InChI is InChI=1S/C16H21N5O2.ClH/c17-10-13-8-11(6-7-18-13)16-20-14(21-23-16)9-15(22)19-12-4-2-1-3-5-12;/h6-8,12H,1-5,9-10,17H2,(H,19,22);1H. The van der Waals surface area contributed by atoms with Gasteiger partial charge in [-0.25, -0.2) is 0 Å². The molecule has 3 N–H and O–H groups in total. The molecule has 1 fully saturated rings. The van der Waals surface area contributed by atoms with E-state index in [0.717, 1.165) is 24.1 Å². The van der Waals surface area contributed by atoms with Crippen LogP contribution >= 0.6 is 12.4 Å². The number of nitrogens with one attached hydrogen (secondary N) is 1. The zero-order valence-electron chi connectivity index (χ0n) is 13.4. The van der Waals surface area contributed by atoms with E-state index in [-0.39, 0.29) is 30.8 Å². The highest BCUT2D eigenvalue weighted by Crippen LogP contribution is 2.19. The molecule has 7 nitrogen and oxygen atoms in total. The van der Waals surface area contributed by atoms with Gasteiger partial charge in [-0.05, 0) is 25.0 Å². The van der Waals surface area contributed by atoms with E-state index in [0.29, 0.717) is 18.3 Å². The summed E-state index contributed by atoms with van der Waals surface area (Å²) in [4.78, 5) is 20.5. The summed E-state index contributed by atoms with van der Waals surface area (Å²) in [5.41, 5.74) is 7.08. The number of pyridine rings is 1. The first-order valence-electron chi connectivity index (χ1n) is 8.02. The number of amides is 1. The molecule has 130 valence electrons.